The molecule has 0 spiro atoms. The number of hydrogen-bond acceptors (Lipinski definition) is 4. The van der Waals surface area contributed by atoms with E-state index in [0.717, 1.165) is 26.2 Å². The average molecular weight is 263 g/mol. The Bertz CT molecular complexity index is 410. The van der Waals surface area contributed by atoms with E-state index in [-0.39, 0.29) is 6.42 Å². The van der Waals surface area contributed by atoms with Crippen molar-refractivity contribution in [2.75, 3.05) is 26.7 Å². The van der Waals surface area contributed by atoms with Crippen molar-refractivity contribution in [3.8, 4) is 0 Å². The predicted molar refractivity (Wildman–Crippen MR) is 72.8 cm³/mol. The average Bonchev–Trinajstić information content (AvgIpc) is 2.40. The highest BCUT2D eigenvalue weighted by molar-refractivity contribution is 5.66. The van der Waals surface area contributed by atoms with Crippen LogP contribution in [0.4, 0.5) is 0 Å². The van der Waals surface area contributed by atoms with Crippen LogP contribution < -0.4 is 0 Å². The van der Waals surface area contributed by atoms with Crippen molar-refractivity contribution in [1.29, 1.82) is 0 Å². The molecule has 1 aliphatic rings. The first-order valence-corrected chi connectivity index (χ1v) is 6.68. The Balaban J connectivity index is 1.97. The van der Waals surface area contributed by atoms with E-state index in [1.807, 2.05) is 12.1 Å². The predicted octanol–water partition coefficient (Wildman–Crippen LogP) is 1.06. The van der Waals surface area contributed by atoms with Gasteiger partial charge in [-0.05, 0) is 31.2 Å². The molecule has 0 aliphatic carbocycles. The molecule has 1 aromatic rings. The van der Waals surface area contributed by atoms with Crippen LogP contribution in [-0.2, 0) is 11.3 Å². The number of carbonyl (C=O) groups is 1. The third-order valence-electron chi connectivity index (χ3n) is 3.63. The number of likely N-dealkylation sites (N-methyl/N-ethyl adjacent to an activating group) is 1. The summed E-state index contributed by atoms with van der Waals surface area (Å²) in [5, 5.41) is 8.85. The van der Waals surface area contributed by atoms with E-state index in [9.17, 15) is 4.79 Å². The number of aromatic nitrogens is 1. The van der Waals surface area contributed by atoms with E-state index in [4.69, 9.17) is 5.11 Å². The largest absolute Gasteiger partial charge is 0.481 e. The number of carboxylic acids is 1. The molecule has 1 aliphatic heterocycles. The van der Waals surface area contributed by atoms with Crippen LogP contribution >= 0.6 is 0 Å². The van der Waals surface area contributed by atoms with Crippen LogP contribution in [-0.4, -0.2) is 58.6 Å². The summed E-state index contributed by atoms with van der Waals surface area (Å²) < 4.78 is 0. The Morgan fingerprint density at radius 2 is 2.16 bits per heavy atom. The summed E-state index contributed by atoms with van der Waals surface area (Å²) in [4.78, 5) is 19.4. The Labute approximate surface area is 113 Å². The second kappa shape index (κ2) is 6.63. The van der Waals surface area contributed by atoms with Gasteiger partial charge in [0, 0.05) is 51.0 Å². The smallest absolute Gasteiger partial charge is 0.303 e. The minimum Gasteiger partial charge on any atom is -0.481 e. The second-order valence-electron chi connectivity index (χ2n) is 5.17. The lowest BCUT2D eigenvalue weighted by Crippen LogP contribution is -2.51. The topological polar surface area (TPSA) is 56.7 Å². The minimum absolute atomic E-state index is 0.241. The van der Waals surface area contributed by atoms with E-state index in [1.54, 1.807) is 12.4 Å². The van der Waals surface area contributed by atoms with Crippen molar-refractivity contribution in [3.63, 3.8) is 0 Å². The van der Waals surface area contributed by atoms with Crippen LogP contribution in [0.5, 0.6) is 0 Å². The summed E-state index contributed by atoms with van der Waals surface area (Å²) in [5.41, 5.74) is 1.24. The number of pyridine rings is 1. The third kappa shape index (κ3) is 4.29. The highest BCUT2D eigenvalue weighted by Gasteiger charge is 2.25. The fraction of sp³-hybridized carbons (Fsp3) is 0.571. The summed E-state index contributed by atoms with van der Waals surface area (Å²) in [6.45, 7) is 3.84. The number of piperazine rings is 1. The molecular formula is C14H21N3O2. The van der Waals surface area contributed by atoms with Gasteiger partial charge in [0.05, 0.1) is 0 Å². The van der Waals surface area contributed by atoms with Crippen LogP contribution in [0.1, 0.15) is 18.4 Å². The fourth-order valence-electron chi connectivity index (χ4n) is 2.54. The zero-order chi connectivity index (χ0) is 13.7. The second-order valence-corrected chi connectivity index (χ2v) is 5.17. The van der Waals surface area contributed by atoms with Crippen molar-refractivity contribution in [1.82, 2.24) is 14.8 Å². The first-order valence-electron chi connectivity index (χ1n) is 6.68. The van der Waals surface area contributed by atoms with E-state index < -0.39 is 5.97 Å². The molecule has 0 radical (unpaired) electrons. The SMILES string of the molecule is CN1CCN(Cc2ccncc2)C(CCC(=O)O)C1. The van der Waals surface area contributed by atoms with Crippen molar-refractivity contribution < 1.29 is 9.90 Å². The molecule has 1 N–H and O–H groups in total. The Morgan fingerprint density at radius 1 is 1.42 bits per heavy atom. The van der Waals surface area contributed by atoms with Crippen molar-refractivity contribution in [2.24, 2.45) is 0 Å². The van der Waals surface area contributed by atoms with Gasteiger partial charge in [-0.2, -0.15) is 0 Å². The molecule has 5 nitrogen and oxygen atoms in total. The quantitative estimate of drug-likeness (QED) is 0.861. The summed E-state index contributed by atoms with van der Waals surface area (Å²) in [6, 6.07) is 4.36. The highest BCUT2D eigenvalue weighted by atomic mass is 16.4. The van der Waals surface area contributed by atoms with E-state index >= 15 is 0 Å². The zero-order valence-electron chi connectivity index (χ0n) is 11.3. The molecular weight excluding hydrogens is 242 g/mol. The lowest BCUT2D eigenvalue weighted by Gasteiger charge is -2.40. The van der Waals surface area contributed by atoms with Crippen molar-refractivity contribution in [2.45, 2.75) is 25.4 Å². The highest BCUT2D eigenvalue weighted by Crippen LogP contribution is 2.16. The molecule has 1 atom stereocenters. The third-order valence-corrected chi connectivity index (χ3v) is 3.63. The maximum atomic E-state index is 10.7. The number of carboxylic acid groups (broad SMARTS) is 1. The molecule has 5 heteroatoms. The zero-order valence-corrected chi connectivity index (χ0v) is 11.3. The Hall–Kier alpha value is -1.46. The van der Waals surface area contributed by atoms with Gasteiger partial charge in [-0.3, -0.25) is 14.7 Å². The molecule has 0 bridgehead atoms. The Kier molecular flexibility index (Phi) is 4.87. The molecule has 1 unspecified atom stereocenters. The fourth-order valence-corrected chi connectivity index (χ4v) is 2.54. The van der Waals surface area contributed by atoms with Gasteiger partial charge in [-0.15, -0.1) is 0 Å². The van der Waals surface area contributed by atoms with Crippen LogP contribution in [0.2, 0.25) is 0 Å². The molecule has 0 amide bonds. The summed E-state index contributed by atoms with van der Waals surface area (Å²) in [6.07, 6.45) is 4.56. The number of rotatable bonds is 5. The number of hydrogen-bond donors (Lipinski definition) is 1. The van der Waals surface area contributed by atoms with Crippen LogP contribution in [0.3, 0.4) is 0 Å². The van der Waals surface area contributed by atoms with Crippen LogP contribution in [0.15, 0.2) is 24.5 Å². The van der Waals surface area contributed by atoms with Gasteiger partial charge in [0.15, 0.2) is 0 Å². The van der Waals surface area contributed by atoms with Crippen LogP contribution in [0, 0.1) is 0 Å². The first kappa shape index (κ1) is 14.0. The van der Waals surface area contributed by atoms with Gasteiger partial charge in [0.1, 0.15) is 0 Å². The molecule has 1 aromatic heterocycles. The van der Waals surface area contributed by atoms with Gasteiger partial charge in [0.2, 0.25) is 0 Å². The standard InChI is InChI=1S/C14H21N3O2/c1-16-8-9-17(10-12-4-6-15-7-5-12)13(11-16)2-3-14(18)19/h4-7,13H,2-3,8-11H2,1H3,(H,18,19). The number of aliphatic carboxylic acids is 1. The van der Waals surface area contributed by atoms with Crippen LogP contribution in [0.25, 0.3) is 0 Å². The molecule has 104 valence electrons. The lowest BCUT2D eigenvalue weighted by atomic mass is 10.1. The summed E-state index contributed by atoms with van der Waals surface area (Å²) in [7, 11) is 2.09. The molecule has 1 fully saturated rings. The lowest BCUT2D eigenvalue weighted by molar-refractivity contribution is -0.137. The molecule has 0 aromatic carbocycles. The van der Waals surface area contributed by atoms with Gasteiger partial charge in [-0.25, -0.2) is 0 Å². The van der Waals surface area contributed by atoms with Gasteiger partial charge in [-0.1, -0.05) is 0 Å². The maximum Gasteiger partial charge on any atom is 0.303 e. The van der Waals surface area contributed by atoms with Crippen molar-refractivity contribution in [3.05, 3.63) is 30.1 Å². The van der Waals surface area contributed by atoms with E-state index in [1.165, 1.54) is 5.56 Å². The Morgan fingerprint density at radius 3 is 2.84 bits per heavy atom. The van der Waals surface area contributed by atoms with Gasteiger partial charge >= 0.3 is 5.97 Å². The van der Waals surface area contributed by atoms with Gasteiger partial charge in [0.25, 0.3) is 0 Å². The first-order chi connectivity index (χ1) is 9.15. The normalized spacial score (nSPS) is 21.4. The molecule has 2 heterocycles. The minimum atomic E-state index is -0.711. The van der Waals surface area contributed by atoms with E-state index in [2.05, 4.69) is 21.8 Å². The maximum absolute atomic E-state index is 10.7. The van der Waals surface area contributed by atoms with Gasteiger partial charge < -0.3 is 10.0 Å². The molecule has 1 saturated heterocycles. The molecule has 2 rings (SSSR count). The van der Waals surface area contributed by atoms with Crippen molar-refractivity contribution >= 4 is 5.97 Å². The number of nitrogens with zero attached hydrogens (tertiary/aromatic N) is 3. The molecule has 19 heavy (non-hydrogen) atoms. The monoisotopic (exact) mass is 263 g/mol. The summed E-state index contributed by atoms with van der Waals surface area (Å²) >= 11 is 0. The molecule has 0 saturated carbocycles. The summed E-state index contributed by atoms with van der Waals surface area (Å²) in [5.74, 6) is -0.711. The van der Waals surface area contributed by atoms with E-state index in [0.29, 0.717) is 12.5 Å².